The fourth-order valence-electron chi connectivity index (χ4n) is 2.18. The largest absolute Gasteiger partial charge is 0.467 e. The summed E-state index contributed by atoms with van der Waals surface area (Å²) in [5.41, 5.74) is 1.47. The van der Waals surface area contributed by atoms with E-state index in [0.29, 0.717) is 11.3 Å². The Bertz CT molecular complexity index is 866. The van der Waals surface area contributed by atoms with Crippen molar-refractivity contribution in [2.75, 3.05) is 12.9 Å². The van der Waals surface area contributed by atoms with Gasteiger partial charge < -0.3 is 10.1 Å². The SMILES string of the molecule is COC(=O)[C@H](CSSc1nc2ccccc2s1)NC(=O)c1ccccc1. The summed E-state index contributed by atoms with van der Waals surface area (Å²) in [5, 5.41) is 2.73. The van der Waals surface area contributed by atoms with Gasteiger partial charge in [-0.05, 0) is 35.1 Å². The minimum atomic E-state index is -0.723. The number of methoxy groups -OCH3 is 1. The molecule has 5 nitrogen and oxygen atoms in total. The number of amides is 1. The third kappa shape index (κ3) is 4.78. The highest BCUT2D eigenvalue weighted by molar-refractivity contribution is 8.77. The molecule has 3 rings (SSSR count). The Balaban J connectivity index is 1.59. The second kappa shape index (κ2) is 9.07. The molecular weight excluding hydrogens is 388 g/mol. The van der Waals surface area contributed by atoms with Gasteiger partial charge in [0.1, 0.15) is 6.04 Å². The van der Waals surface area contributed by atoms with E-state index in [4.69, 9.17) is 4.74 Å². The number of esters is 1. The molecule has 3 aromatic rings. The van der Waals surface area contributed by atoms with Crippen LogP contribution in [0, 0.1) is 0 Å². The summed E-state index contributed by atoms with van der Waals surface area (Å²) in [6.45, 7) is 0. The van der Waals surface area contributed by atoms with Crippen LogP contribution < -0.4 is 5.32 Å². The maximum atomic E-state index is 12.3. The molecule has 0 aliphatic carbocycles. The number of carbonyl (C=O) groups is 2. The summed E-state index contributed by atoms with van der Waals surface area (Å²) < 4.78 is 6.84. The van der Waals surface area contributed by atoms with Crippen molar-refractivity contribution >= 4 is 55.0 Å². The average molecular weight is 405 g/mol. The Morgan fingerprint density at radius 3 is 2.62 bits per heavy atom. The number of hydrogen-bond donors (Lipinski definition) is 1. The van der Waals surface area contributed by atoms with Gasteiger partial charge in [-0.25, -0.2) is 9.78 Å². The van der Waals surface area contributed by atoms with E-state index in [9.17, 15) is 9.59 Å². The maximum absolute atomic E-state index is 12.3. The fraction of sp³-hybridized carbons (Fsp3) is 0.167. The Kier molecular flexibility index (Phi) is 6.54. The molecule has 0 spiro atoms. The number of rotatable bonds is 7. The lowest BCUT2D eigenvalue weighted by molar-refractivity contribution is -0.142. The molecule has 1 atom stereocenters. The van der Waals surface area contributed by atoms with Gasteiger partial charge in [0.15, 0.2) is 4.34 Å². The van der Waals surface area contributed by atoms with Crippen molar-refractivity contribution in [3.8, 4) is 0 Å². The second-order valence-corrected chi connectivity index (χ2v) is 8.85. The predicted octanol–water partition coefficient (Wildman–Crippen LogP) is 4.01. The van der Waals surface area contributed by atoms with Gasteiger partial charge in [-0.2, -0.15) is 0 Å². The third-order valence-corrected chi connectivity index (χ3v) is 7.17. The molecule has 1 aromatic heterocycles. The lowest BCUT2D eigenvalue weighted by atomic mass is 10.2. The number of benzene rings is 2. The summed E-state index contributed by atoms with van der Waals surface area (Å²) in [4.78, 5) is 28.8. The van der Waals surface area contributed by atoms with E-state index >= 15 is 0 Å². The lowest BCUT2D eigenvalue weighted by Gasteiger charge is -2.15. The number of fused-ring (bicyclic) bond motifs is 1. The monoisotopic (exact) mass is 404 g/mol. The van der Waals surface area contributed by atoms with E-state index in [-0.39, 0.29) is 5.91 Å². The van der Waals surface area contributed by atoms with Crippen molar-refractivity contribution in [1.82, 2.24) is 10.3 Å². The van der Waals surface area contributed by atoms with Crippen LogP contribution in [-0.2, 0) is 9.53 Å². The highest BCUT2D eigenvalue weighted by Gasteiger charge is 2.22. The first-order valence-corrected chi connectivity index (χ1v) is 10.9. The summed E-state index contributed by atoms with van der Waals surface area (Å²) in [5.74, 6) is -0.385. The predicted molar refractivity (Wildman–Crippen MR) is 108 cm³/mol. The Labute approximate surface area is 162 Å². The summed E-state index contributed by atoms with van der Waals surface area (Å²) in [7, 11) is 4.26. The normalized spacial score (nSPS) is 11.9. The highest BCUT2D eigenvalue weighted by Crippen LogP contribution is 2.36. The highest BCUT2D eigenvalue weighted by atomic mass is 33.1. The zero-order valence-electron chi connectivity index (χ0n) is 13.9. The average Bonchev–Trinajstić information content (AvgIpc) is 3.10. The van der Waals surface area contributed by atoms with Gasteiger partial charge in [0.2, 0.25) is 0 Å². The van der Waals surface area contributed by atoms with Crippen molar-refractivity contribution in [3.63, 3.8) is 0 Å². The Hall–Kier alpha value is -2.03. The maximum Gasteiger partial charge on any atom is 0.329 e. The fourth-order valence-corrected chi connectivity index (χ4v) is 5.71. The molecule has 0 fully saturated rings. The van der Waals surface area contributed by atoms with Crippen molar-refractivity contribution in [2.45, 2.75) is 10.4 Å². The molecule has 8 heteroatoms. The van der Waals surface area contributed by atoms with Crippen LogP contribution in [0.2, 0.25) is 0 Å². The van der Waals surface area contributed by atoms with Crippen LogP contribution in [0.3, 0.4) is 0 Å². The van der Waals surface area contributed by atoms with Crippen molar-refractivity contribution in [3.05, 3.63) is 60.2 Å². The van der Waals surface area contributed by atoms with Crippen molar-refractivity contribution in [1.29, 1.82) is 0 Å². The van der Waals surface area contributed by atoms with Gasteiger partial charge in [-0.3, -0.25) is 4.79 Å². The van der Waals surface area contributed by atoms with E-state index in [0.717, 1.165) is 14.6 Å². The number of aromatic nitrogens is 1. The van der Waals surface area contributed by atoms with E-state index in [1.54, 1.807) is 35.6 Å². The topological polar surface area (TPSA) is 68.3 Å². The number of para-hydroxylation sites is 1. The number of thiazole rings is 1. The molecule has 0 saturated carbocycles. The van der Waals surface area contributed by atoms with Gasteiger partial charge in [0, 0.05) is 11.3 Å². The molecule has 1 amide bonds. The zero-order valence-corrected chi connectivity index (χ0v) is 16.3. The second-order valence-electron chi connectivity index (χ2n) is 5.23. The summed E-state index contributed by atoms with van der Waals surface area (Å²) >= 11 is 1.60. The van der Waals surface area contributed by atoms with Crippen LogP contribution >= 0.6 is 32.9 Å². The Morgan fingerprint density at radius 2 is 1.88 bits per heavy atom. The zero-order chi connectivity index (χ0) is 18.4. The first-order chi connectivity index (χ1) is 12.7. The molecule has 0 saturated heterocycles. The first-order valence-electron chi connectivity index (χ1n) is 7.76. The van der Waals surface area contributed by atoms with E-state index in [1.807, 2.05) is 30.3 Å². The van der Waals surface area contributed by atoms with E-state index in [1.165, 1.54) is 28.7 Å². The molecular formula is C18H16N2O3S3. The molecule has 0 radical (unpaired) electrons. The van der Waals surface area contributed by atoms with Crippen LogP contribution in [0.15, 0.2) is 58.9 Å². The van der Waals surface area contributed by atoms with Crippen LogP contribution in [-0.4, -0.2) is 35.8 Å². The minimum Gasteiger partial charge on any atom is -0.467 e. The van der Waals surface area contributed by atoms with Gasteiger partial charge in [0.05, 0.1) is 17.3 Å². The first kappa shape index (κ1) is 18.8. The van der Waals surface area contributed by atoms with E-state index in [2.05, 4.69) is 10.3 Å². The molecule has 134 valence electrons. The Morgan fingerprint density at radius 1 is 1.15 bits per heavy atom. The van der Waals surface area contributed by atoms with Crippen LogP contribution in [0.4, 0.5) is 0 Å². The molecule has 1 N–H and O–H groups in total. The molecule has 0 aliphatic rings. The van der Waals surface area contributed by atoms with Crippen LogP contribution in [0.1, 0.15) is 10.4 Å². The smallest absolute Gasteiger partial charge is 0.329 e. The number of ether oxygens (including phenoxy) is 1. The number of carbonyl (C=O) groups excluding carboxylic acids is 2. The van der Waals surface area contributed by atoms with Gasteiger partial charge >= 0.3 is 5.97 Å². The molecule has 26 heavy (non-hydrogen) atoms. The number of nitrogens with zero attached hydrogens (tertiary/aromatic N) is 1. The van der Waals surface area contributed by atoms with Crippen molar-refractivity contribution in [2.24, 2.45) is 0 Å². The lowest BCUT2D eigenvalue weighted by Crippen LogP contribution is -2.43. The molecule has 2 aromatic carbocycles. The molecule has 0 unspecified atom stereocenters. The molecule has 0 bridgehead atoms. The summed E-state index contributed by atoms with van der Waals surface area (Å²) in [6.07, 6.45) is 0. The van der Waals surface area contributed by atoms with Crippen molar-refractivity contribution < 1.29 is 14.3 Å². The van der Waals surface area contributed by atoms with E-state index < -0.39 is 12.0 Å². The summed E-state index contributed by atoms with van der Waals surface area (Å²) in [6, 6.07) is 16.0. The van der Waals surface area contributed by atoms with Gasteiger partial charge in [0.25, 0.3) is 5.91 Å². The third-order valence-electron chi connectivity index (χ3n) is 3.47. The minimum absolute atomic E-state index is 0.299. The molecule has 0 aliphatic heterocycles. The van der Waals surface area contributed by atoms with Crippen LogP contribution in [0.5, 0.6) is 0 Å². The van der Waals surface area contributed by atoms with Gasteiger partial charge in [-0.1, -0.05) is 41.1 Å². The standard InChI is InChI=1S/C18H16N2O3S3/c1-23-17(22)14(19-16(21)12-7-3-2-4-8-12)11-24-26-18-20-13-9-5-6-10-15(13)25-18/h2-10,14H,11H2,1H3,(H,19,21)/t14-/m0/s1. The molecule has 1 heterocycles. The van der Waals surface area contributed by atoms with Gasteiger partial charge in [-0.15, -0.1) is 11.3 Å². The quantitative estimate of drug-likeness (QED) is 0.474. The number of nitrogens with one attached hydrogen (secondary N) is 1. The van der Waals surface area contributed by atoms with Crippen LogP contribution in [0.25, 0.3) is 10.2 Å². The number of hydrogen-bond acceptors (Lipinski definition) is 7.